The molecule has 0 amide bonds. The molecule has 0 fully saturated rings. The summed E-state index contributed by atoms with van der Waals surface area (Å²) in [5, 5.41) is 15.5. The highest BCUT2D eigenvalue weighted by Crippen LogP contribution is 2.42. The van der Waals surface area contributed by atoms with Crippen molar-refractivity contribution >= 4 is 49.0 Å². The fraction of sp³-hybridized carbons (Fsp3) is 0.241. The molecule has 0 aliphatic rings. The molecule has 0 radical (unpaired) electrons. The van der Waals surface area contributed by atoms with Crippen LogP contribution in [0.15, 0.2) is 48.7 Å². The Morgan fingerprint density at radius 1 is 0.906 bits per heavy atom. The first-order valence-corrected chi connectivity index (χ1v) is 11.2. The largest absolute Gasteiger partial charge is 0.308 e. The zero-order valence-corrected chi connectivity index (χ0v) is 19.2. The molecule has 0 N–H and O–H groups in total. The Bertz CT molecular complexity index is 1750. The van der Waals surface area contributed by atoms with E-state index >= 15 is 0 Å². The van der Waals surface area contributed by atoms with E-state index in [4.69, 9.17) is 4.98 Å². The van der Waals surface area contributed by atoms with Crippen LogP contribution in [-0.4, -0.2) is 9.38 Å². The van der Waals surface area contributed by atoms with Crippen LogP contribution in [0, 0.1) is 30.6 Å². The van der Waals surface area contributed by atoms with E-state index in [1.807, 2.05) is 0 Å². The predicted octanol–water partition coefficient (Wildman–Crippen LogP) is 7.46. The Kier molecular flexibility index (Phi) is 3.70. The maximum absolute atomic E-state index is 9.76. The molecule has 0 aliphatic carbocycles. The Hall–Kier alpha value is -3.64. The molecule has 32 heavy (non-hydrogen) atoms. The number of rotatable bonds is 1. The van der Waals surface area contributed by atoms with Gasteiger partial charge in [0.25, 0.3) is 0 Å². The highest BCUT2D eigenvalue weighted by molar-refractivity contribution is 6.28. The van der Waals surface area contributed by atoms with Crippen molar-refractivity contribution in [3.05, 3.63) is 70.9 Å². The van der Waals surface area contributed by atoms with Crippen LogP contribution in [0.4, 0.5) is 0 Å². The Morgan fingerprint density at radius 2 is 1.69 bits per heavy atom. The SMILES string of the molecule is Cc1cc(C)c2c(c1)c1ncc(C#N)c3ccc4c5cc(CC(C)(C)C)ccc5n2c4c31. The molecule has 3 aromatic carbocycles. The molecule has 6 aromatic rings. The van der Waals surface area contributed by atoms with E-state index in [0.29, 0.717) is 5.56 Å². The predicted molar refractivity (Wildman–Crippen MR) is 134 cm³/mol. The van der Waals surface area contributed by atoms with Crippen molar-refractivity contribution in [2.75, 3.05) is 0 Å². The van der Waals surface area contributed by atoms with Crippen LogP contribution in [0.1, 0.15) is 43.0 Å². The van der Waals surface area contributed by atoms with Gasteiger partial charge in [-0.3, -0.25) is 4.98 Å². The van der Waals surface area contributed by atoms with Crippen molar-refractivity contribution in [3.8, 4) is 6.07 Å². The first-order valence-electron chi connectivity index (χ1n) is 11.2. The van der Waals surface area contributed by atoms with Gasteiger partial charge in [-0.05, 0) is 55.0 Å². The van der Waals surface area contributed by atoms with E-state index in [9.17, 15) is 5.26 Å². The number of aryl methyl sites for hydroxylation is 2. The zero-order chi connectivity index (χ0) is 22.4. The van der Waals surface area contributed by atoms with Crippen LogP contribution in [0.5, 0.6) is 0 Å². The molecule has 0 spiro atoms. The second-order valence-electron chi connectivity index (χ2n) is 10.4. The molecule has 0 atom stereocenters. The minimum atomic E-state index is 0.228. The summed E-state index contributed by atoms with van der Waals surface area (Å²) in [4.78, 5) is 4.81. The lowest BCUT2D eigenvalue weighted by Crippen LogP contribution is -2.08. The monoisotopic (exact) mass is 415 g/mol. The van der Waals surface area contributed by atoms with Crippen LogP contribution in [-0.2, 0) is 6.42 Å². The molecule has 0 aliphatic heterocycles. The first-order chi connectivity index (χ1) is 15.3. The van der Waals surface area contributed by atoms with Gasteiger partial charge >= 0.3 is 0 Å². The molecule has 156 valence electrons. The molecular weight excluding hydrogens is 390 g/mol. The van der Waals surface area contributed by atoms with Gasteiger partial charge in [-0.1, -0.05) is 50.6 Å². The second kappa shape index (κ2) is 6.20. The van der Waals surface area contributed by atoms with E-state index in [-0.39, 0.29) is 5.41 Å². The summed E-state index contributed by atoms with van der Waals surface area (Å²) >= 11 is 0. The Morgan fingerprint density at radius 3 is 2.44 bits per heavy atom. The third-order valence-corrected chi connectivity index (χ3v) is 6.62. The smallest absolute Gasteiger partial charge is 0.101 e. The average molecular weight is 416 g/mol. The topological polar surface area (TPSA) is 41.1 Å². The van der Waals surface area contributed by atoms with Gasteiger partial charge in [0.1, 0.15) is 6.07 Å². The van der Waals surface area contributed by atoms with E-state index in [1.54, 1.807) is 6.20 Å². The highest BCUT2D eigenvalue weighted by Gasteiger charge is 2.22. The summed E-state index contributed by atoms with van der Waals surface area (Å²) in [5.41, 5.74) is 9.25. The van der Waals surface area contributed by atoms with Crippen LogP contribution in [0.3, 0.4) is 0 Å². The molecule has 3 heterocycles. The van der Waals surface area contributed by atoms with Crippen LogP contribution < -0.4 is 0 Å². The fourth-order valence-electron chi connectivity index (χ4n) is 5.57. The maximum Gasteiger partial charge on any atom is 0.101 e. The molecule has 3 heteroatoms. The number of aromatic nitrogens is 2. The van der Waals surface area contributed by atoms with Gasteiger partial charge < -0.3 is 4.40 Å². The molecule has 6 rings (SSSR count). The van der Waals surface area contributed by atoms with Gasteiger partial charge in [0, 0.05) is 33.1 Å². The number of benzene rings is 3. The molecular formula is C29H25N3. The van der Waals surface area contributed by atoms with Gasteiger partial charge in [0.2, 0.25) is 0 Å². The first kappa shape index (κ1) is 19.1. The molecule has 0 unspecified atom stereocenters. The lowest BCUT2D eigenvalue weighted by atomic mass is 9.88. The van der Waals surface area contributed by atoms with Crippen molar-refractivity contribution in [2.45, 2.75) is 41.0 Å². The van der Waals surface area contributed by atoms with Crippen molar-refractivity contribution in [3.63, 3.8) is 0 Å². The Balaban J connectivity index is 1.92. The Labute approximate surface area is 187 Å². The normalized spacial score (nSPS) is 12.6. The van der Waals surface area contributed by atoms with Crippen LogP contribution in [0.2, 0.25) is 0 Å². The molecule has 0 bridgehead atoms. The number of fused-ring (bicyclic) bond motifs is 6. The number of nitriles is 1. The molecule has 3 nitrogen and oxygen atoms in total. The van der Waals surface area contributed by atoms with Gasteiger partial charge in [-0.25, -0.2) is 0 Å². The maximum atomic E-state index is 9.76. The quantitative estimate of drug-likeness (QED) is 0.206. The van der Waals surface area contributed by atoms with Crippen molar-refractivity contribution < 1.29 is 0 Å². The summed E-state index contributed by atoms with van der Waals surface area (Å²) in [6.07, 6.45) is 2.76. The third kappa shape index (κ3) is 2.50. The van der Waals surface area contributed by atoms with E-state index < -0.39 is 0 Å². The fourth-order valence-corrected chi connectivity index (χ4v) is 5.57. The summed E-state index contributed by atoms with van der Waals surface area (Å²) in [7, 11) is 0. The number of pyridine rings is 2. The van der Waals surface area contributed by atoms with Gasteiger partial charge in [-0.15, -0.1) is 0 Å². The summed E-state index contributed by atoms with van der Waals surface area (Å²) < 4.78 is 2.41. The zero-order valence-electron chi connectivity index (χ0n) is 19.2. The summed E-state index contributed by atoms with van der Waals surface area (Å²) in [6.45, 7) is 11.2. The van der Waals surface area contributed by atoms with Crippen molar-refractivity contribution in [2.24, 2.45) is 5.41 Å². The molecule has 0 saturated carbocycles. The lowest BCUT2D eigenvalue weighted by Gasteiger charge is -2.18. The highest BCUT2D eigenvalue weighted by atomic mass is 14.9. The summed E-state index contributed by atoms with van der Waals surface area (Å²) in [6, 6.07) is 18.0. The minimum absolute atomic E-state index is 0.228. The van der Waals surface area contributed by atoms with Crippen molar-refractivity contribution in [1.82, 2.24) is 9.38 Å². The minimum Gasteiger partial charge on any atom is -0.308 e. The molecule has 3 aromatic heterocycles. The molecule has 0 saturated heterocycles. The number of hydrogen-bond donors (Lipinski definition) is 0. The van der Waals surface area contributed by atoms with Crippen LogP contribution in [0.25, 0.3) is 49.0 Å². The van der Waals surface area contributed by atoms with E-state index in [1.165, 1.54) is 44.0 Å². The van der Waals surface area contributed by atoms with Crippen LogP contribution >= 0.6 is 0 Å². The number of nitrogens with zero attached hydrogens (tertiary/aromatic N) is 3. The average Bonchev–Trinajstić information content (AvgIpc) is 3.05. The van der Waals surface area contributed by atoms with E-state index in [2.05, 4.69) is 87.6 Å². The second-order valence-corrected chi connectivity index (χ2v) is 10.4. The van der Waals surface area contributed by atoms with Gasteiger partial charge in [0.15, 0.2) is 0 Å². The van der Waals surface area contributed by atoms with E-state index in [0.717, 1.165) is 28.1 Å². The summed E-state index contributed by atoms with van der Waals surface area (Å²) in [5.74, 6) is 0. The van der Waals surface area contributed by atoms with Gasteiger partial charge in [0.05, 0.1) is 27.6 Å². The lowest BCUT2D eigenvalue weighted by molar-refractivity contribution is 0.411. The standard InChI is InChI=1S/C29H25N3/c1-16-10-17(2)27-23(11-16)26-25-20(19(14-30)15-31-26)7-8-21-22-12-18(13-29(3,4)5)6-9-24(22)32(27)28(21)25/h6-12,15H,13H2,1-5H3. The third-order valence-electron chi connectivity index (χ3n) is 6.62. The van der Waals surface area contributed by atoms with Crippen molar-refractivity contribution in [1.29, 1.82) is 5.26 Å². The van der Waals surface area contributed by atoms with Gasteiger partial charge in [-0.2, -0.15) is 5.26 Å². The number of hydrogen-bond acceptors (Lipinski definition) is 2.